The summed E-state index contributed by atoms with van der Waals surface area (Å²) in [6.07, 6.45) is 0.403. The van der Waals surface area contributed by atoms with Crippen LogP contribution in [-0.4, -0.2) is 20.4 Å². The number of hydrogen-bond acceptors (Lipinski definition) is 4. The van der Waals surface area contributed by atoms with Gasteiger partial charge in [0.1, 0.15) is 22.7 Å². The Hall–Kier alpha value is -4.26. The molecule has 0 fully saturated rings. The molecule has 7 heteroatoms. The van der Waals surface area contributed by atoms with Gasteiger partial charge in [-0.2, -0.15) is 0 Å². The van der Waals surface area contributed by atoms with Gasteiger partial charge in [-0.15, -0.1) is 0 Å². The Morgan fingerprint density at radius 1 is 0.909 bits per heavy atom. The molecule has 0 bridgehead atoms. The van der Waals surface area contributed by atoms with Gasteiger partial charge in [0.2, 0.25) is 0 Å². The van der Waals surface area contributed by atoms with E-state index in [1.807, 2.05) is 54.6 Å². The molecule has 0 atom stereocenters. The summed E-state index contributed by atoms with van der Waals surface area (Å²) in [5, 5.41) is 2.93. The van der Waals surface area contributed by atoms with Gasteiger partial charge < -0.3 is 15.6 Å². The van der Waals surface area contributed by atoms with Crippen LogP contribution in [0.1, 0.15) is 21.5 Å². The Labute approximate surface area is 189 Å². The number of anilines is 1. The number of hydrogen-bond donors (Lipinski definition) is 2. The summed E-state index contributed by atoms with van der Waals surface area (Å²) in [5.41, 5.74) is 10.6. The number of nitrogens with one attached hydrogen (secondary N) is 1. The van der Waals surface area contributed by atoms with E-state index in [-0.39, 0.29) is 23.1 Å². The summed E-state index contributed by atoms with van der Waals surface area (Å²) >= 11 is 0. The minimum absolute atomic E-state index is 0.266. The molecule has 3 aromatic carbocycles. The molecule has 0 saturated carbocycles. The summed E-state index contributed by atoms with van der Waals surface area (Å²) in [4.78, 5) is 22.6. The molecule has 1 amide bonds. The van der Waals surface area contributed by atoms with E-state index in [9.17, 15) is 9.18 Å². The topological polar surface area (TPSA) is 85.8 Å². The molecule has 0 unspecified atom stereocenters. The van der Waals surface area contributed by atoms with Gasteiger partial charge in [-0.25, -0.2) is 14.4 Å². The fourth-order valence-corrected chi connectivity index (χ4v) is 3.97. The van der Waals surface area contributed by atoms with Crippen LogP contribution in [0.3, 0.4) is 0 Å². The van der Waals surface area contributed by atoms with Gasteiger partial charge in [-0.1, -0.05) is 60.7 Å². The highest BCUT2D eigenvalue weighted by molar-refractivity contribution is 6.10. The number of nitrogens with zero attached hydrogens (tertiary/aromatic N) is 3. The second-order valence-electron chi connectivity index (χ2n) is 7.81. The molecule has 3 N–H and O–H groups in total. The summed E-state index contributed by atoms with van der Waals surface area (Å²) < 4.78 is 15.9. The van der Waals surface area contributed by atoms with Crippen LogP contribution in [0.4, 0.5) is 10.2 Å². The summed E-state index contributed by atoms with van der Waals surface area (Å²) in [6.45, 7) is 0.726. The highest BCUT2D eigenvalue weighted by Gasteiger charge is 2.24. The zero-order chi connectivity index (χ0) is 22.8. The Morgan fingerprint density at radius 3 is 2.33 bits per heavy atom. The predicted octanol–water partition coefficient (Wildman–Crippen LogP) is 4.48. The highest BCUT2D eigenvalue weighted by Crippen LogP contribution is 2.28. The van der Waals surface area contributed by atoms with Crippen molar-refractivity contribution in [1.82, 2.24) is 19.9 Å². The molecule has 6 nitrogen and oxygen atoms in total. The number of carbonyl (C=O) groups is 1. The minimum Gasteiger partial charge on any atom is -0.384 e. The number of halogens is 1. The Balaban J connectivity index is 1.55. The number of aromatic nitrogens is 3. The lowest BCUT2D eigenvalue weighted by molar-refractivity contribution is 0.0953. The van der Waals surface area contributed by atoms with E-state index in [0.29, 0.717) is 47.3 Å². The Morgan fingerprint density at radius 2 is 1.58 bits per heavy atom. The second-order valence-corrected chi connectivity index (χ2v) is 7.81. The first-order chi connectivity index (χ1) is 16.1. The van der Waals surface area contributed by atoms with Crippen molar-refractivity contribution in [3.8, 4) is 0 Å². The number of rotatable bonds is 6. The average molecular weight is 439 g/mol. The lowest BCUT2D eigenvalue weighted by Crippen LogP contribution is -2.24. The third kappa shape index (κ3) is 4.01. The number of nitrogens with two attached hydrogens (primary N) is 1. The third-order valence-corrected chi connectivity index (χ3v) is 5.68. The average Bonchev–Trinajstić information content (AvgIpc) is 3.11. The van der Waals surface area contributed by atoms with Crippen molar-refractivity contribution in [3.63, 3.8) is 0 Å². The maximum absolute atomic E-state index is 14.2. The smallest absolute Gasteiger partial charge is 0.257 e. The monoisotopic (exact) mass is 439 g/mol. The van der Waals surface area contributed by atoms with E-state index in [4.69, 9.17) is 15.7 Å². The Bertz CT molecular complexity index is 1460. The fraction of sp³-hybridized carbons (Fsp3) is 0.115. The van der Waals surface area contributed by atoms with Gasteiger partial charge in [-0.05, 0) is 35.7 Å². The largest absolute Gasteiger partial charge is 0.384 e. The molecule has 33 heavy (non-hydrogen) atoms. The first kappa shape index (κ1) is 20.6. The molecule has 0 aliphatic rings. The maximum Gasteiger partial charge on any atom is 0.257 e. The number of fused-ring (bicyclic) bond motifs is 2. The summed E-state index contributed by atoms with van der Waals surface area (Å²) in [6, 6.07) is 23.7. The van der Waals surface area contributed by atoms with Gasteiger partial charge in [0.15, 0.2) is 5.65 Å². The molecule has 0 saturated heterocycles. The highest BCUT2D eigenvalue weighted by atomic mass is 19.1. The van der Waals surface area contributed by atoms with Crippen LogP contribution in [-0.2, 0) is 19.5 Å². The van der Waals surface area contributed by atoms with Crippen LogP contribution in [0, 0.1) is 5.82 Å². The zero-order valence-corrected chi connectivity index (χ0v) is 17.8. The molecule has 0 aliphatic heterocycles. The van der Waals surface area contributed by atoms with Gasteiger partial charge in [-0.3, -0.25) is 4.79 Å². The van der Waals surface area contributed by atoms with Crippen LogP contribution in [0.15, 0.2) is 78.9 Å². The first-order valence-electron chi connectivity index (χ1n) is 10.7. The second kappa shape index (κ2) is 8.70. The van der Waals surface area contributed by atoms with Crippen molar-refractivity contribution in [3.05, 3.63) is 101 Å². The van der Waals surface area contributed by atoms with Crippen molar-refractivity contribution < 1.29 is 9.18 Å². The SMILES string of the molecule is Nc1c(C(=O)NCc2ccccc2)c2nc3ccccc3nc2n1CCc1ccccc1F. The van der Waals surface area contributed by atoms with E-state index in [1.54, 1.807) is 22.8 Å². The Kier molecular flexibility index (Phi) is 5.44. The number of aryl methyl sites for hydroxylation is 2. The van der Waals surface area contributed by atoms with Crippen LogP contribution < -0.4 is 11.1 Å². The van der Waals surface area contributed by atoms with Crippen molar-refractivity contribution >= 4 is 33.9 Å². The zero-order valence-electron chi connectivity index (χ0n) is 17.8. The molecule has 5 rings (SSSR count). The van der Waals surface area contributed by atoms with Gasteiger partial charge in [0.25, 0.3) is 5.91 Å². The van der Waals surface area contributed by atoms with E-state index >= 15 is 0 Å². The van der Waals surface area contributed by atoms with E-state index in [0.717, 1.165) is 5.56 Å². The van der Waals surface area contributed by atoms with Crippen LogP contribution >= 0.6 is 0 Å². The molecule has 2 aromatic heterocycles. The standard InChI is InChI=1S/C26H22FN5O/c27-19-11-5-4-10-18(19)14-15-32-24(28)22(26(33)29-16-17-8-2-1-3-9-17)23-25(32)31-21-13-7-6-12-20(21)30-23/h1-13H,14-16,28H2,(H,29,33). The molecule has 0 aliphatic carbocycles. The van der Waals surface area contributed by atoms with E-state index in [2.05, 4.69) is 5.32 Å². The fourth-order valence-electron chi connectivity index (χ4n) is 3.97. The number of amides is 1. The molecule has 164 valence electrons. The third-order valence-electron chi connectivity index (χ3n) is 5.68. The lowest BCUT2D eigenvalue weighted by atomic mass is 10.1. The minimum atomic E-state index is -0.324. The maximum atomic E-state index is 14.2. The molecular weight excluding hydrogens is 417 g/mol. The van der Waals surface area contributed by atoms with E-state index in [1.165, 1.54) is 6.07 Å². The molecule has 5 aromatic rings. The quantitative estimate of drug-likeness (QED) is 0.409. The van der Waals surface area contributed by atoms with Crippen molar-refractivity contribution in [1.29, 1.82) is 0 Å². The number of carbonyl (C=O) groups excluding carboxylic acids is 1. The van der Waals surface area contributed by atoms with Gasteiger partial charge in [0, 0.05) is 13.1 Å². The molecule has 2 heterocycles. The van der Waals surface area contributed by atoms with Gasteiger partial charge in [0.05, 0.1) is 11.0 Å². The predicted molar refractivity (Wildman–Crippen MR) is 127 cm³/mol. The van der Waals surface area contributed by atoms with Crippen molar-refractivity contribution in [2.45, 2.75) is 19.5 Å². The summed E-state index contributed by atoms with van der Waals surface area (Å²) in [7, 11) is 0. The number of nitrogen functional groups attached to an aromatic ring is 1. The van der Waals surface area contributed by atoms with Gasteiger partial charge >= 0.3 is 0 Å². The molecule has 0 radical (unpaired) electrons. The number of benzene rings is 3. The van der Waals surface area contributed by atoms with Crippen molar-refractivity contribution in [2.75, 3.05) is 5.73 Å². The molecular formula is C26H22FN5O. The van der Waals surface area contributed by atoms with Crippen molar-refractivity contribution in [2.24, 2.45) is 0 Å². The van der Waals surface area contributed by atoms with Crippen LogP contribution in [0.25, 0.3) is 22.2 Å². The molecule has 0 spiro atoms. The van der Waals surface area contributed by atoms with Crippen LogP contribution in [0.2, 0.25) is 0 Å². The summed E-state index contributed by atoms with van der Waals surface area (Å²) in [5.74, 6) is -0.331. The normalized spacial score (nSPS) is 11.2. The lowest BCUT2D eigenvalue weighted by Gasteiger charge is -2.09. The number of para-hydroxylation sites is 2. The van der Waals surface area contributed by atoms with E-state index < -0.39 is 0 Å². The first-order valence-corrected chi connectivity index (χ1v) is 10.7. The van der Waals surface area contributed by atoms with Crippen LogP contribution in [0.5, 0.6) is 0 Å².